The average molecular weight is 319 g/mol. The number of ether oxygens (including phenoxy) is 1. The van der Waals surface area contributed by atoms with Crippen LogP contribution in [0.4, 0.5) is 10.3 Å². The molecule has 2 aromatic heterocycles. The first kappa shape index (κ1) is 14.4. The topological polar surface area (TPSA) is 94.1 Å². The summed E-state index contributed by atoms with van der Waals surface area (Å²) in [6, 6.07) is 2.13. The summed E-state index contributed by atoms with van der Waals surface area (Å²) in [5, 5.41) is -0.00748. The van der Waals surface area contributed by atoms with E-state index in [0.29, 0.717) is 0 Å². The maximum Gasteiger partial charge on any atom is 0.265 e. The van der Waals surface area contributed by atoms with Crippen molar-refractivity contribution >= 4 is 27.6 Å². The van der Waals surface area contributed by atoms with Gasteiger partial charge in [-0.15, -0.1) is 0 Å². The molecule has 2 rings (SSSR count). The van der Waals surface area contributed by atoms with Gasteiger partial charge in [0.2, 0.25) is 11.8 Å². The van der Waals surface area contributed by atoms with Crippen molar-refractivity contribution in [1.82, 2.24) is 15.0 Å². The van der Waals surface area contributed by atoms with Gasteiger partial charge in [0.05, 0.1) is 13.3 Å². The molecule has 106 valence electrons. The van der Waals surface area contributed by atoms with Gasteiger partial charge in [0.15, 0.2) is 0 Å². The molecule has 10 heteroatoms. The Morgan fingerprint density at radius 2 is 2.05 bits per heavy atom. The van der Waals surface area contributed by atoms with E-state index in [-0.39, 0.29) is 21.9 Å². The predicted octanol–water partition coefficient (Wildman–Crippen LogP) is 1.47. The second-order valence-corrected chi connectivity index (χ2v) is 5.57. The second-order valence-electron chi connectivity index (χ2n) is 3.50. The molecular formula is C10H8ClFN4O3S. The molecular weight excluding hydrogens is 311 g/mol. The Morgan fingerprint density at radius 1 is 1.30 bits per heavy atom. The lowest BCUT2D eigenvalue weighted by molar-refractivity contribution is 0.397. The lowest BCUT2D eigenvalue weighted by Crippen LogP contribution is -2.15. The number of methoxy groups -OCH3 is 1. The van der Waals surface area contributed by atoms with Crippen LogP contribution >= 0.6 is 11.6 Å². The minimum Gasteiger partial charge on any atom is -0.481 e. The van der Waals surface area contributed by atoms with Gasteiger partial charge in [-0.3, -0.25) is 4.98 Å². The third kappa shape index (κ3) is 3.31. The van der Waals surface area contributed by atoms with Gasteiger partial charge in [-0.2, -0.15) is 4.98 Å². The van der Waals surface area contributed by atoms with E-state index in [9.17, 15) is 12.8 Å². The van der Waals surface area contributed by atoms with Gasteiger partial charge in [0.25, 0.3) is 10.0 Å². The van der Waals surface area contributed by atoms with Crippen LogP contribution in [-0.4, -0.2) is 30.5 Å². The maximum absolute atomic E-state index is 13.0. The molecule has 0 fully saturated rings. The highest BCUT2D eigenvalue weighted by Crippen LogP contribution is 2.18. The third-order valence-corrected chi connectivity index (χ3v) is 3.59. The Balaban J connectivity index is 2.35. The van der Waals surface area contributed by atoms with E-state index in [1.165, 1.54) is 13.2 Å². The summed E-state index contributed by atoms with van der Waals surface area (Å²) >= 11 is 5.69. The molecule has 0 amide bonds. The number of sulfonamides is 1. The van der Waals surface area contributed by atoms with Crippen LogP contribution in [0.2, 0.25) is 5.15 Å². The van der Waals surface area contributed by atoms with Crippen LogP contribution in [-0.2, 0) is 10.0 Å². The van der Waals surface area contributed by atoms with Crippen molar-refractivity contribution in [2.75, 3.05) is 11.8 Å². The Labute approximate surface area is 118 Å². The van der Waals surface area contributed by atoms with Gasteiger partial charge in [0, 0.05) is 12.3 Å². The van der Waals surface area contributed by atoms with Crippen LogP contribution in [0.1, 0.15) is 0 Å². The highest BCUT2D eigenvalue weighted by molar-refractivity contribution is 7.92. The fourth-order valence-corrected chi connectivity index (χ4v) is 2.36. The van der Waals surface area contributed by atoms with Gasteiger partial charge < -0.3 is 4.74 Å². The van der Waals surface area contributed by atoms with E-state index in [1.807, 2.05) is 0 Å². The Hall–Kier alpha value is -2.00. The van der Waals surface area contributed by atoms with Crippen molar-refractivity contribution in [2.45, 2.75) is 4.90 Å². The van der Waals surface area contributed by atoms with Crippen LogP contribution in [0, 0.1) is 5.82 Å². The summed E-state index contributed by atoms with van der Waals surface area (Å²) < 4.78 is 43.8. The molecule has 0 atom stereocenters. The first-order valence-electron chi connectivity index (χ1n) is 5.12. The molecule has 0 saturated carbocycles. The highest BCUT2D eigenvalue weighted by Gasteiger charge is 2.18. The molecule has 0 bridgehead atoms. The Bertz CT molecular complexity index is 741. The summed E-state index contributed by atoms with van der Waals surface area (Å²) in [5.74, 6) is -0.990. The van der Waals surface area contributed by atoms with E-state index in [2.05, 4.69) is 19.7 Å². The molecule has 2 heterocycles. The van der Waals surface area contributed by atoms with Gasteiger partial charge in [-0.25, -0.2) is 22.5 Å². The van der Waals surface area contributed by atoms with Crippen molar-refractivity contribution in [1.29, 1.82) is 0 Å². The SMILES string of the molecule is COc1cc(Cl)nc(NS(=O)(=O)c2cncc(F)c2)n1. The summed E-state index contributed by atoms with van der Waals surface area (Å²) in [6.45, 7) is 0. The summed E-state index contributed by atoms with van der Waals surface area (Å²) in [7, 11) is -2.73. The highest BCUT2D eigenvalue weighted by atomic mass is 35.5. The number of anilines is 1. The zero-order valence-electron chi connectivity index (χ0n) is 10.0. The zero-order valence-corrected chi connectivity index (χ0v) is 11.6. The van der Waals surface area contributed by atoms with Crippen molar-refractivity contribution in [2.24, 2.45) is 0 Å². The molecule has 0 aliphatic carbocycles. The standard InChI is InChI=1S/C10H8ClFN4O3S/c1-19-9-3-8(11)14-10(15-9)16-20(17,18)7-2-6(12)4-13-5-7/h2-5H,1H3,(H,14,15,16). The first-order valence-corrected chi connectivity index (χ1v) is 6.99. The fraction of sp³-hybridized carbons (Fsp3) is 0.100. The number of hydrogen-bond donors (Lipinski definition) is 1. The minimum absolute atomic E-state index is 0.00748. The number of pyridine rings is 1. The molecule has 0 spiro atoms. The Kier molecular flexibility index (Phi) is 4.00. The van der Waals surface area contributed by atoms with Crippen LogP contribution in [0.5, 0.6) is 5.88 Å². The van der Waals surface area contributed by atoms with E-state index in [0.717, 1.165) is 18.5 Å². The fourth-order valence-electron chi connectivity index (χ4n) is 1.27. The molecule has 1 N–H and O–H groups in total. The average Bonchev–Trinajstić information content (AvgIpc) is 2.37. The van der Waals surface area contributed by atoms with E-state index in [4.69, 9.17) is 16.3 Å². The van der Waals surface area contributed by atoms with E-state index in [1.54, 1.807) is 0 Å². The number of nitrogens with zero attached hydrogens (tertiary/aromatic N) is 3. The number of hydrogen-bond acceptors (Lipinski definition) is 6. The zero-order chi connectivity index (χ0) is 14.8. The van der Waals surface area contributed by atoms with Gasteiger partial charge in [0.1, 0.15) is 15.9 Å². The van der Waals surface area contributed by atoms with Crippen LogP contribution in [0.25, 0.3) is 0 Å². The van der Waals surface area contributed by atoms with Gasteiger partial charge >= 0.3 is 0 Å². The molecule has 2 aromatic rings. The molecule has 0 aliphatic heterocycles. The first-order chi connectivity index (χ1) is 9.40. The van der Waals surface area contributed by atoms with Crippen molar-refractivity contribution in [3.63, 3.8) is 0 Å². The lowest BCUT2D eigenvalue weighted by atomic mass is 10.5. The van der Waals surface area contributed by atoms with E-state index < -0.39 is 15.8 Å². The number of aromatic nitrogens is 3. The van der Waals surface area contributed by atoms with Crippen molar-refractivity contribution in [3.05, 3.63) is 35.5 Å². The monoisotopic (exact) mass is 318 g/mol. The molecule has 7 nitrogen and oxygen atoms in total. The quantitative estimate of drug-likeness (QED) is 0.858. The predicted molar refractivity (Wildman–Crippen MR) is 68.6 cm³/mol. The lowest BCUT2D eigenvalue weighted by Gasteiger charge is -2.07. The minimum atomic E-state index is -4.07. The number of rotatable bonds is 4. The molecule has 20 heavy (non-hydrogen) atoms. The summed E-state index contributed by atoms with van der Waals surface area (Å²) in [6.07, 6.45) is 1.88. The van der Waals surface area contributed by atoms with Crippen molar-refractivity contribution in [3.8, 4) is 5.88 Å². The molecule has 0 saturated heterocycles. The largest absolute Gasteiger partial charge is 0.481 e. The van der Waals surface area contributed by atoms with Crippen LogP contribution < -0.4 is 9.46 Å². The Morgan fingerprint density at radius 3 is 2.70 bits per heavy atom. The molecule has 0 radical (unpaired) electrons. The molecule has 0 aliphatic rings. The summed E-state index contributed by atoms with van der Waals surface area (Å²) in [4.78, 5) is 10.5. The molecule has 0 aromatic carbocycles. The number of nitrogens with one attached hydrogen (secondary N) is 1. The summed E-state index contributed by atoms with van der Waals surface area (Å²) in [5.41, 5.74) is 0. The van der Waals surface area contributed by atoms with E-state index >= 15 is 0 Å². The normalized spacial score (nSPS) is 11.2. The maximum atomic E-state index is 13.0. The van der Waals surface area contributed by atoms with Crippen LogP contribution in [0.3, 0.4) is 0 Å². The van der Waals surface area contributed by atoms with Gasteiger partial charge in [-0.05, 0) is 6.07 Å². The van der Waals surface area contributed by atoms with Gasteiger partial charge in [-0.1, -0.05) is 11.6 Å². The smallest absolute Gasteiger partial charge is 0.265 e. The van der Waals surface area contributed by atoms with Crippen LogP contribution in [0.15, 0.2) is 29.4 Å². The molecule has 0 unspecified atom stereocenters. The van der Waals surface area contributed by atoms with Crippen molar-refractivity contribution < 1.29 is 17.5 Å². The second kappa shape index (κ2) is 5.55. The third-order valence-electron chi connectivity index (χ3n) is 2.10. The number of halogens is 2.